The third kappa shape index (κ3) is 5.41. The molecule has 1 amide bonds. The molecule has 0 heterocycles. The Labute approximate surface area is 121 Å². The molecule has 0 radical (unpaired) electrons. The molecule has 108 valence electrons. The van der Waals surface area contributed by atoms with Crippen LogP contribution in [0.25, 0.3) is 0 Å². The van der Waals surface area contributed by atoms with Crippen LogP contribution in [0, 0.1) is 11.3 Å². The molecule has 0 saturated carbocycles. The summed E-state index contributed by atoms with van der Waals surface area (Å²) in [7, 11) is 0. The lowest BCUT2D eigenvalue weighted by molar-refractivity contribution is -0.116. The van der Waals surface area contributed by atoms with Gasteiger partial charge < -0.3 is 10.2 Å². The first-order valence-electron chi connectivity index (χ1n) is 7.11. The van der Waals surface area contributed by atoms with E-state index in [1.807, 2.05) is 0 Å². The molecule has 0 bridgehead atoms. The molecule has 4 heteroatoms. The molecule has 0 unspecified atom stereocenters. The lowest BCUT2D eigenvalue weighted by Gasteiger charge is -2.25. The zero-order chi connectivity index (χ0) is 15.0. The van der Waals surface area contributed by atoms with Gasteiger partial charge in [0.25, 0.3) is 0 Å². The molecule has 1 rings (SSSR count). The second-order valence-corrected chi connectivity index (χ2v) is 5.12. The van der Waals surface area contributed by atoms with E-state index in [0.29, 0.717) is 18.0 Å². The SMILES string of the molecule is CCCN(CCC(=O)Nc1ccc(C#N)cc1)C(C)C. The van der Waals surface area contributed by atoms with Crippen LogP contribution in [0.1, 0.15) is 39.2 Å². The maximum atomic E-state index is 11.9. The average molecular weight is 273 g/mol. The number of rotatable bonds is 7. The lowest BCUT2D eigenvalue weighted by Crippen LogP contribution is -2.34. The fourth-order valence-electron chi connectivity index (χ4n) is 2.01. The summed E-state index contributed by atoms with van der Waals surface area (Å²) in [5, 5.41) is 11.6. The molecule has 0 aliphatic rings. The molecular formula is C16H23N3O. The van der Waals surface area contributed by atoms with Gasteiger partial charge in [-0.1, -0.05) is 6.92 Å². The van der Waals surface area contributed by atoms with E-state index in [-0.39, 0.29) is 5.91 Å². The number of anilines is 1. The van der Waals surface area contributed by atoms with E-state index in [2.05, 4.69) is 37.1 Å². The number of hydrogen-bond acceptors (Lipinski definition) is 3. The molecule has 0 aliphatic heterocycles. The maximum Gasteiger partial charge on any atom is 0.225 e. The van der Waals surface area contributed by atoms with Gasteiger partial charge in [-0.05, 0) is 51.1 Å². The average Bonchev–Trinajstić information content (AvgIpc) is 2.44. The molecule has 0 spiro atoms. The Morgan fingerprint density at radius 2 is 1.95 bits per heavy atom. The van der Waals surface area contributed by atoms with Crippen molar-refractivity contribution >= 4 is 11.6 Å². The van der Waals surface area contributed by atoms with Gasteiger partial charge in [-0.15, -0.1) is 0 Å². The highest BCUT2D eigenvalue weighted by Crippen LogP contribution is 2.09. The third-order valence-electron chi connectivity index (χ3n) is 3.16. The van der Waals surface area contributed by atoms with Gasteiger partial charge in [-0.2, -0.15) is 5.26 Å². The Morgan fingerprint density at radius 1 is 1.30 bits per heavy atom. The molecule has 1 aromatic rings. The van der Waals surface area contributed by atoms with Crippen LogP contribution in [0.3, 0.4) is 0 Å². The molecule has 1 N–H and O–H groups in total. The summed E-state index contributed by atoms with van der Waals surface area (Å²) in [6, 6.07) is 9.42. The quantitative estimate of drug-likeness (QED) is 0.831. The van der Waals surface area contributed by atoms with Crippen LogP contribution in [0.2, 0.25) is 0 Å². The Kier molecular flexibility index (Phi) is 6.75. The number of amides is 1. The van der Waals surface area contributed by atoms with E-state index < -0.39 is 0 Å². The second-order valence-electron chi connectivity index (χ2n) is 5.12. The number of nitrogens with one attached hydrogen (secondary N) is 1. The highest BCUT2D eigenvalue weighted by atomic mass is 16.1. The summed E-state index contributed by atoms with van der Waals surface area (Å²) in [6.45, 7) is 8.23. The van der Waals surface area contributed by atoms with Crippen LogP contribution in [0.5, 0.6) is 0 Å². The second kappa shape index (κ2) is 8.34. The molecule has 20 heavy (non-hydrogen) atoms. The number of benzene rings is 1. The van der Waals surface area contributed by atoms with Gasteiger partial charge in [0.1, 0.15) is 0 Å². The van der Waals surface area contributed by atoms with Gasteiger partial charge in [0.2, 0.25) is 5.91 Å². The largest absolute Gasteiger partial charge is 0.326 e. The first-order valence-corrected chi connectivity index (χ1v) is 7.11. The smallest absolute Gasteiger partial charge is 0.225 e. The van der Waals surface area contributed by atoms with Crippen LogP contribution < -0.4 is 5.32 Å². The Morgan fingerprint density at radius 3 is 2.45 bits per heavy atom. The Balaban J connectivity index is 2.44. The summed E-state index contributed by atoms with van der Waals surface area (Å²) in [5.41, 5.74) is 1.33. The van der Waals surface area contributed by atoms with Crippen molar-refractivity contribution in [1.82, 2.24) is 4.90 Å². The minimum Gasteiger partial charge on any atom is -0.326 e. The summed E-state index contributed by atoms with van der Waals surface area (Å²) in [5.74, 6) is 0.0106. The molecule has 0 atom stereocenters. The fraction of sp³-hybridized carbons (Fsp3) is 0.500. The van der Waals surface area contributed by atoms with Crippen LogP contribution in [0.4, 0.5) is 5.69 Å². The highest BCUT2D eigenvalue weighted by molar-refractivity contribution is 5.90. The van der Waals surface area contributed by atoms with Crippen molar-refractivity contribution in [2.24, 2.45) is 0 Å². The fourth-order valence-corrected chi connectivity index (χ4v) is 2.01. The highest BCUT2D eigenvalue weighted by Gasteiger charge is 2.10. The van der Waals surface area contributed by atoms with Crippen LogP contribution in [-0.4, -0.2) is 29.9 Å². The van der Waals surface area contributed by atoms with Crippen LogP contribution in [0.15, 0.2) is 24.3 Å². The van der Waals surface area contributed by atoms with Gasteiger partial charge in [0.15, 0.2) is 0 Å². The minimum absolute atomic E-state index is 0.0106. The predicted octanol–water partition coefficient (Wildman–Crippen LogP) is 3.01. The number of nitriles is 1. The zero-order valence-electron chi connectivity index (χ0n) is 12.5. The molecule has 0 aromatic heterocycles. The van der Waals surface area contributed by atoms with E-state index in [9.17, 15) is 4.79 Å². The number of nitrogens with zero attached hydrogens (tertiary/aromatic N) is 2. The van der Waals surface area contributed by atoms with Gasteiger partial charge >= 0.3 is 0 Å². The van der Waals surface area contributed by atoms with Crippen molar-refractivity contribution in [2.75, 3.05) is 18.4 Å². The van der Waals surface area contributed by atoms with Crippen LogP contribution in [-0.2, 0) is 4.79 Å². The molecular weight excluding hydrogens is 250 g/mol. The summed E-state index contributed by atoms with van der Waals surface area (Å²) in [4.78, 5) is 14.2. The van der Waals surface area contributed by atoms with Crippen molar-refractivity contribution in [3.63, 3.8) is 0 Å². The molecule has 1 aromatic carbocycles. The third-order valence-corrected chi connectivity index (χ3v) is 3.16. The molecule has 0 saturated heterocycles. The van der Waals surface area contributed by atoms with Gasteiger partial charge in [0, 0.05) is 24.7 Å². The van der Waals surface area contributed by atoms with Crippen molar-refractivity contribution in [1.29, 1.82) is 5.26 Å². The van der Waals surface area contributed by atoms with E-state index >= 15 is 0 Å². The summed E-state index contributed by atoms with van der Waals surface area (Å²) < 4.78 is 0. The molecule has 4 nitrogen and oxygen atoms in total. The van der Waals surface area contributed by atoms with Crippen molar-refractivity contribution in [2.45, 2.75) is 39.7 Å². The van der Waals surface area contributed by atoms with Gasteiger partial charge in [-0.3, -0.25) is 4.79 Å². The Hall–Kier alpha value is -1.86. The normalized spacial score (nSPS) is 10.6. The first kappa shape index (κ1) is 16.2. The zero-order valence-corrected chi connectivity index (χ0v) is 12.5. The van der Waals surface area contributed by atoms with Crippen molar-refractivity contribution in [3.05, 3.63) is 29.8 Å². The number of hydrogen-bond donors (Lipinski definition) is 1. The predicted molar refractivity (Wildman–Crippen MR) is 81.4 cm³/mol. The maximum absolute atomic E-state index is 11.9. The molecule has 0 fully saturated rings. The summed E-state index contributed by atoms with van der Waals surface area (Å²) >= 11 is 0. The first-order chi connectivity index (χ1) is 9.56. The molecule has 0 aliphatic carbocycles. The van der Waals surface area contributed by atoms with E-state index in [0.717, 1.165) is 25.2 Å². The van der Waals surface area contributed by atoms with Gasteiger partial charge in [0.05, 0.1) is 11.6 Å². The summed E-state index contributed by atoms with van der Waals surface area (Å²) in [6.07, 6.45) is 1.58. The minimum atomic E-state index is 0.0106. The lowest BCUT2D eigenvalue weighted by atomic mass is 10.2. The number of carbonyl (C=O) groups excluding carboxylic acids is 1. The van der Waals surface area contributed by atoms with E-state index in [1.165, 1.54) is 0 Å². The van der Waals surface area contributed by atoms with Crippen molar-refractivity contribution < 1.29 is 4.79 Å². The number of carbonyl (C=O) groups is 1. The monoisotopic (exact) mass is 273 g/mol. The Bertz CT molecular complexity index is 460. The van der Waals surface area contributed by atoms with Crippen molar-refractivity contribution in [3.8, 4) is 6.07 Å². The van der Waals surface area contributed by atoms with E-state index in [1.54, 1.807) is 24.3 Å². The standard InChI is InChI=1S/C16H23N3O/c1-4-10-19(13(2)3)11-9-16(20)18-15-7-5-14(12-17)6-8-15/h5-8,13H,4,9-11H2,1-3H3,(H,18,20). The van der Waals surface area contributed by atoms with Crippen LogP contribution >= 0.6 is 0 Å². The van der Waals surface area contributed by atoms with Gasteiger partial charge in [-0.25, -0.2) is 0 Å². The van der Waals surface area contributed by atoms with E-state index in [4.69, 9.17) is 5.26 Å². The topological polar surface area (TPSA) is 56.1 Å².